The van der Waals surface area contributed by atoms with E-state index in [4.69, 9.17) is 10.7 Å². The van der Waals surface area contributed by atoms with Crippen molar-refractivity contribution in [3.63, 3.8) is 0 Å². The van der Waals surface area contributed by atoms with Crippen molar-refractivity contribution in [1.82, 2.24) is 20.7 Å². The number of hydrazine groups is 1. The molecule has 0 aromatic rings. The van der Waals surface area contributed by atoms with Crippen LogP contribution in [-0.4, -0.2) is 82.6 Å². The largest absolute Gasteiger partial charge is 0.423 e. The van der Waals surface area contributed by atoms with Gasteiger partial charge in [0.15, 0.2) is 0 Å². The second-order valence-electron chi connectivity index (χ2n) is 9.98. The van der Waals surface area contributed by atoms with E-state index < -0.39 is 18.2 Å². The van der Waals surface area contributed by atoms with E-state index in [1.54, 1.807) is 6.08 Å². The third-order valence-corrected chi connectivity index (χ3v) is 8.02. The Kier molecular flexibility index (Phi) is 10.6. The summed E-state index contributed by atoms with van der Waals surface area (Å²) >= 11 is 3.46. The zero-order chi connectivity index (χ0) is 28.0. The molecule has 0 aromatic carbocycles. The predicted octanol–water partition coefficient (Wildman–Crippen LogP) is 2.84. The predicted molar refractivity (Wildman–Crippen MR) is 146 cm³/mol. The first-order valence-electron chi connectivity index (χ1n) is 12.9. The molecule has 3 aliphatic heterocycles. The number of dihydropyridines is 1. The van der Waals surface area contributed by atoms with Crippen LogP contribution in [0.15, 0.2) is 53.3 Å². The smallest absolute Gasteiger partial charge is 0.376 e. The molecule has 0 bridgehead atoms. The minimum atomic E-state index is -4.96. The van der Waals surface area contributed by atoms with Crippen LogP contribution in [0.3, 0.4) is 0 Å². The van der Waals surface area contributed by atoms with Gasteiger partial charge in [0.05, 0.1) is 0 Å². The van der Waals surface area contributed by atoms with Crippen molar-refractivity contribution in [2.24, 2.45) is 28.5 Å². The highest BCUT2D eigenvalue weighted by molar-refractivity contribution is 9.09. The molecule has 3 heterocycles. The lowest BCUT2D eigenvalue weighted by Gasteiger charge is -2.38. The normalized spacial score (nSPS) is 24.4. The number of amides is 1. The molecule has 0 spiro atoms. The Bertz CT molecular complexity index is 975. The number of aliphatic hydroxyl groups is 1. The van der Waals surface area contributed by atoms with E-state index in [9.17, 15) is 23.1 Å². The molecule has 1 saturated heterocycles. The fourth-order valence-electron chi connectivity index (χ4n) is 4.97. The van der Waals surface area contributed by atoms with Gasteiger partial charge in [-0.3, -0.25) is 14.8 Å². The van der Waals surface area contributed by atoms with Crippen LogP contribution in [0.25, 0.3) is 0 Å². The molecule has 8 nitrogen and oxygen atoms in total. The first-order chi connectivity index (χ1) is 18.0. The minimum Gasteiger partial charge on any atom is -0.376 e. The molecule has 38 heavy (non-hydrogen) atoms. The summed E-state index contributed by atoms with van der Waals surface area (Å²) < 4.78 is 38.3. The molecule has 5 atom stereocenters. The molecule has 1 amide bonds. The van der Waals surface area contributed by atoms with Crippen LogP contribution < -0.4 is 16.5 Å². The zero-order valence-corrected chi connectivity index (χ0v) is 23.4. The number of aliphatic imine (C=N–C) groups is 1. The maximum atomic E-state index is 12.8. The van der Waals surface area contributed by atoms with Gasteiger partial charge >= 0.3 is 6.18 Å². The fourth-order valence-corrected chi connectivity index (χ4v) is 5.26. The van der Waals surface area contributed by atoms with E-state index in [0.717, 1.165) is 22.0 Å². The first kappa shape index (κ1) is 30.4. The van der Waals surface area contributed by atoms with Crippen LogP contribution in [0.5, 0.6) is 0 Å². The highest BCUT2D eigenvalue weighted by atomic mass is 79.9. The summed E-state index contributed by atoms with van der Waals surface area (Å²) in [5.41, 5.74) is 11.9. The zero-order valence-electron chi connectivity index (χ0n) is 21.8. The monoisotopic (exact) mass is 602 g/mol. The van der Waals surface area contributed by atoms with E-state index in [1.165, 1.54) is 0 Å². The lowest BCUT2D eigenvalue weighted by molar-refractivity contribution is -0.211. The Morgan fingerprint density at radius 1 is 1.39 bits per heavy atom. The second kappa shape index (κ2) is 13.3. The summed E-state index contributed by atoms with van der Waals surface area (Å²) in [5, 5.41) is 15.4. The molecule has 0 saturated carbocycles. The van der Waals surface area contributed by atoms with Gasteiger partial charge in [-0.05, 0) is 37.3 Å². The number of likely N-dealkylation sites (tertiary alicyclic amines) is 1. The van der Waals surface area contributed by atoms with Gasteiger partial charge in [0.25, 0.3) is 5.91 Å². The van der Waals surface area contributed by atoms with E-state index in [0.29, 0.717) is 31.3 Å². The van der Waals surface area contributed by atoms with Crippen LogP contribution >= 0.6 is 15.9 Å². The third kappa shape index (κ3) is 7.28. The van der Waals surface area contributed by atoms with Crippen molar-refractivity contribution in [2.75, 3.05) is 31.5 Å². The van der Waals surface area contributed by atoms with Crippen molar-refractivity contribution in [3.05, 3.63) is 48.4 Å². The van der Waals surface area contributed by atoms with Crippen molar-refractivity contribution in [3.8, 4) is 0 Å². The molecule has 5 N–H and O–H groups in total. The molecule has 1 fully saturated rings. The Labute approximate surface area is 230 Å². The number of hydrogen-bond donors (Lipinski definition) is 4. The minimum absolute atomic E-state index is 0.0228. The molecule has 0 aromatic heterocycles. The van der Waals surface area contributed by atoms with Gasteiger partial charge in [0.2, 0.25) is 6.10 Å². The van der Waals surface area contributed by atoms with Crippen LogP contribution in [0.2, 0.25) is 0 Å². The highest BCUT2D eigenvalue weighted by Gasteiger charge is 2.46. The van der Waals surface area contributed by atoms with Gasteiger partial charge < -0.3 is 21.1 Å². The molecular weight excluding hydrogens is 565 g/mol. The van der Waals surface area contributed by atoms with Gasteiger partial charge in [-0.15, -0.1) is 0 Å². The maximum Gasteiger partial charge on any atom is 0.423 e. The number of alkyl halides is 4. The quantitative estimate of drug-likeness (QED) is 0.226. The van der Waals surface area contributed by atoms with Crippen molar-refractivity contribution >= 4 is 27.5 Å². The average molecular weight is 604 g/mol. The topological polar surface area (TPSA) is 106 Å². The van der Waals surface area contributed by atoms with Crippen LogP contribution in [0, 0.1) is 17.8 Å². The van der Waals surface area contributed by atoms with Crippen molar-refractivity contribution in [1.29, 1.82) is 0 Å². The Morgan fingerprint density at radius 3 is 2.63 bits per heavy atom. The number of piperidine rings is 1. The number of carbonyl (C=O) groups is 1. The number of aliphatic hydroxyl groups excluding tert-OH is 1. The molecule has 0 radical (unpaired) electrons. The molecule has 4 unspecified atom stereocenters. The van der Waals surface area contributed by atoms with Gasteiger partial charge in [-0.25, -0.2) is 5.43 Å². The van der Waals surface area contributed by atoms with E-state index in [2.05, 4.69) is 58.4 Å². The molecular formula is C26H38BrF3N6O2. The van der Waals surface area contributed by atoms with E-state index in [-0.39, 0.29) is 43.1 Å². The van der Waals surface area contributed by atoms with Crippen molar-refractivity contribution in [2.45, 2.75) is 51.2 Å². The lowest BCUT2D eigenvalue weighted by Crippen LogP contribution is -2.53. The number of nitrogens with two attached hydrogens (primary N) is 1. The highest BCUT2D eigenvalue weighted by Crippen LogP contribution is 2.29. The molecule has 3 aliphatic rings. The second-order valence-corrected chi connectivity index (χ2v) is 10.6. The van der Waals surface area contributed by atoms with Crippen LogP contribution in [0.4, 0.5) is 13.2 Å². The van der Waals surface area contributed by atoms with E-state index in [1.807, 2.05) is 18.0 Å². The number of nitrogens with zero attached hydrogens (tertiary/aromatic N) is 3. The number of carbonyl (C=O) groups excluding carboxylic acids is 1. The number of rotatable bonds is 10. The Hall–Kier alpha value is -2.15. The average Bonchev–Trinajstić information content (AvgIpc) is 3.33. The third-order valence-electron chi connectivity index (χ3n) is 7.36. The SMILES string of the molecule is C=C/C=C\C(C)C1=NC[C@H](C2=C(NC(C)C3CCN(C(=O)C(O)C(F)(F)F)CC3)N(C(N)CBr)NC2)C=C1. The Morgan fingerprint density at radius 2 is 2.08 bits per heavy atom. The summed E-state index contributed by atoms with van der Waals surface area (Å²) in [6.07, 6.45) is 2.75. The molecule has 212 valence electrons. The molecule has 12 heteroatoms. The lowest BCUT2D eigenvalue weighted by atomic mass is 9.89. The van der Waals surface area contributed by atoms with Gasteiger partial charge in [0, 0.05) is 55.1 Å². The number of hydrogen-bond acceptors (Lipinski definition) is 7. The maximum absolute atomic E-state index is 12.8. The van der Waals surface area contributed by atoms with Gasteiger partial charge in [-0.1, -0.05) is 53.7 Å². The first-order valence-corrected chi connectivity index (χ1v) is 14.0. The van der Waals surface area contributed by atoms with Crippen molar-refractivity contribution < 1.29 is 23.1 Å². The summed E-state index contributed by atoms with van der Waals surface area (Å²) in [4.78, 5) is 18.0. The number of nitrogens with one attached hydrogen (secondary N) is 2. The summed E-state index contributed by atoms with van der Waals surface area (Å²) in [6, 6.07) is -0.0228. The summed E-state index contributed by atoms with van der Waals surface area (Å²) in [6.45, 7) is 9.40. The fraction of sp³-hybridized carbons (Fsp3) is 0.615. The van der Waals surface area contributed by atoms with Gasteiger partial charge in [-0.2, -0.15) is 13.2 Å². The Balaban J connectivity index is 1.69. The summed E-state index contributed by atoms with van der Waals surface area (Å²) in [7, 11) is 0. The van der Waals surface area contributed by atoms with Crippen LogP contribution in [0.1, 0.15) is 26.7 Å². The van der Waals surface area contributed by atoms with Gasteiger partial charge in [0.1, 0.15) is 12.0 Å². The van der Waals surface area contributed by atoms with Crippen LogP contribution in [-0.2, 0) is 4.79 Å². The van der Waals surface area contributed by atoms with E-state index >= 15 is 0 Å². The number of allylic oxidation sites excluding steroid dienone is 4. The number of halogens is 4. The summed E-state index contributed by atoms with van der Waals surface area (Å²) in [5.74, 6) is 0.0133. The molecule has 0 aliphatic carbocycles. The molecule has 3 rings (SSSR count). The standard InChI is InChI=1S/C26H38BrF3N6O2/c1-4-5-6-16(2)21-8-7-19(14-32-21)20-15-33-36(22(31)13-27)24(20)34-17(3)18-9-11-35(12-10-18)25(38)23(37)26(28,29)30/h4-8,16-19,22-23,33-34,37H,1,9-15,31H2,2-3H3/b6-5-/t16?,17?,19-,22?,23?/m1/s1.